The van der Waals surface area contributed by atoms with Crippen LogP contribution in [-0.4, -0.2) is 30.5 Å². The Balaban J connectivity index is 3.13. The number of methoxy groups -OCH3 is 1. The van der Waals surface area contributed by atoms with Gasteiger partial charge < -0.3 is 10.1 Å². The summed E-state index contributed by atoms with van der Waals surface area (Å²) in [6, 6.07) is 2.88. The predicted molar refractivity (Wildman–Crippen MR) is 63.1 cm³/mol. The summed E-state index contributed by atoms with van der Waals surface area (Å²) in [7, 11) is 1.27. The second-order valence-corrected chi connectivity index (χ2v) is 3.48. The summed E-state index contributed by atoms with van der Waals surface area (Å²) in [5, 5.41) is 2.60. The lowest BCUT2D eigenvalue weighted by Crippen LogP contribution is -2.24. The molecule has 0 spiro atoms. The molecule has 1 N–H and O–H groups in total. The number of carbonyl (C=O) groups excluding carboxylic acids is 2. The van der Waals surface area contributed by atoms with Crippen LogP contribution in [0.15, 0.2) is 12.1 Å². The Morgan fingerprint density at radius 1 is 1.47 bits per heavy atom. The lowest BCUT2D eigenvalue weighted by molar-refractivity contribution is 0.0600. The number of amides is 1. The van der Waals surface area contributed by atoms with Gasteiger partial charge in [-0.3, -0.25) is 4.79 Å². The molecule has 0 aromatic carbocycles. The zero-order chi connectivity index (χ0) is 12.8. The molecule has 1 aromatic heterocycles. The van der Waals surface area contributed by atoms with E-state index in [4.69, 9.17) is 11.6 Å². The Labute approximate surface area is 104 Å². The molecule has 1 amide bonds. The van der Waals surface area contributed by atoms with Crippen molar-refractivity contribution in [3.8, 4) is 0 Å². The van der Waals surface area contributed by atoms with E-state index in [0.29, 0.717) is 12.2 Å². The Kier molecular flexibility index (Phi) is 4.90. The summed E-state index contributed by atoms with van der Waals surface area (Å²) in [6.45, 7) is 2.28. The van der Waals surface area contributed by atoms with Crippen LogP contribution >= 0.6 is 11.6 Å². The molecule has 0 unspecified atom stereocenters. The molecule has 0 atom stereocenters. The molecule has 0 radical (unpaired) electrons. The van der Waals surface area contributed by atoms with Gasteiger partial charge in [0.05, 0.1) is 24.2 Å². The van der Waals surface area contributed by atoms with Crippen molar-refractivity contribution in [3.05, 3.63) is 29.1 Å². The third kappa shape index (κ3) is 3.42. The van der Waals surface area contributed by atoms with Crippen molar-refractivity contribution in [2.24, 2.45) is 0 Å². The third-order valence-corrected chi connectivity index (χ3v) is 2.28. The number of alkyl halides is 1. The average Bonchev–Trinajstić information content (AvgIpc) is 2.37. The van der Waals surface area contributed by atoms with E-state index >= 15 is 0 Å². The fourth-order valence-electron chi connectivity index (χ4n) is 1.26. The second kappa shape index (κ2) is 6.20. The van der Waals surface area contributed by atoms with Crippen molar-refractivity contribution >= 4 is 23.5 Å². The van der Waals surface area contributed by atoms with E-state index in [1.165, 1.54) is 19.2 Å². The largest absolute Gasteiger partial charge is 0.465 e. The first-order chi connectivity index (χ1) is 8.12. The SMILES string of the molecule is CCNC(=O)c1cc(C(=O)OC)cc(CCl)n1. The normalized spacial score (nSPS) is 9.82. The first-order valence-corrected chi connectivity index (χ1v) is 5.59. The van der Waals surface area contributed by atoms with Gasteiger partial charge in [0.15, 0.2) is 0 Å². The maximum atomic E-state index is 11.6. The minimum Gasteiger partial charge on any atom is -0.465 e. The van der Waals surface area contributed by atoms with Crippen LogP contribution in [0.1, 0.15) is 33.5 Å². The molecule has 1 aromatic rings. The summed E-state index contributed by atoms with van der Waals surface area (Å²) in [5.41, 5.74) is 0.876. The fourth-order valence-corrected chi connectivity index (χ4v) is 1.40. The number of halogens is 1. The first-order valence-electron chi connectivity index (χ1n) is 5.05. The van der Waals surface area contributed by atoms with Crippen molar-refractivity contribution in [2.75, 3.05) is 13.7 Å². The van der Waals surface area contributed by atoms with Gasteiger partial charge in [0, 0.05) is 6.54 Å². The standard InChI is InChI=1S/C11H13ClN2O3/c1-3-13-10(15)9-5-7(11(16)17-2)4-8(6-12)14-9/h4-5H,3,6H2,1-2H3,(H,13,15). The Morgan fingerprint density at radius 3 is 2.71 bits per heavy atom. The number of esters is 1. The number of nitrogens with zero attached hydrogens (tertiary/aromatic N) is 1. The Hall–Kier alpha value is -1.62. The summed E-state index contributed by atoms with van der Waals surface area (Å²) in [5.74, 6) is -0.744. The highest BCUT2D eigenvalue weighted by atomic mass is 35.5. The van der Waals surface area contributed by atoms with Crippen LogP contribution in [0.3, 0.4) is 0 Å². The Morgan fingerprint density at radius 2 is 2.18 bits per heavy atom. The number of ether oxygens (including phenoxy) is 1. The van der Waals surface area contributed by atoms with E-state index in [9.17, 15) is 9.59 Å². The second-order valence-electron chi connectivity index (χ2n) is 3.22. The molecule has 0 aliphatic heterocycles. The minimum atomic E-state index is -0.524. The number of rotatable bonds is 4. The van der Waals surface area contributed by atoms with Crippen LogP contribution in [0.25, 0.3) is 0 Å². The number of carbonyl (C=O) groups is 2. The molecule has 0 saturated heterocycles. The van der Waals surface area contributed by atoms with Crippen LogP contribution in [0.5, 0.6) is 0 Å². The quantitative estimate of drug-likeness (QED) is 0.652. The third-order valence-electron chi connectivity index (χ3n) is 2.01. The van der Waals surface area contributed by atoms with E-state index in [1.807, 2.05) is 0 Å². The van der Waals surface area contributed by atoms with Gasteiger partial charge in [-0.15, -0.1) is 11.6 Å². The van der Waals surface area contributed by atoms with Crippen molar-refractivity contribution < 1.29 is 14.3 Å². The van der Waals surface area contributed by atoms with Crippen molar-refractivity contribution in [2.45, 2.75) is 12.8 Å². The molecule has 0 aliphatic carbocycles. The maximum absolute atomic E-state index is 11.6. The highest BCUT2D eigenvalue weighted by Crippen LogP contribution is 2.10. The van der Waals surface area contributed by atoms with E-state index in [0.717, 1.165) is 0 Å². The molecule has 17 heavy (non-hydrogen) atoms. The zero-order valence-corrected chi connectivity index (χ0v) is 10.4. The number of aromatic nitrogens is 1. The molecule has 1 rings (SSSR count). The van der Waals surface area contributed by atoms with Crippen LogP contribution < -0.4 is 5.32 Å². The van der Waals surface area contributed by atoms with Crippen molar-refractivity contribution in [1.29, 1.82) is 0 Å². The van der Waals surface area contributed by atoms with Gasteiger partial charge >= 0.3 is 5.97 Å². The fraction of sp³-hybridized carbons (Fsp3) is 0.364. The van der Waals surface area contributed by atoms with Crippen LogP contribution in [0.4, 0.5) is 0 Å². The summed E-state index contributed by atoms with van der Waals surface area (Å²) < 4.78 is 4.59. The molecule has 5 nitrogen and oxygen atoms in total. The predicted octanol–water partition coefficient (Wildman–Crippen LogP) is 1.36. The first kappa shape index (κ1) is 13.4. The maximum Gasteiger partial charge on any atom is 0.337 e. The van der Waals surface area contributed by atoms with Crippen molar-refractivity contribution in [1.82, 2.24) is 10.3 Å². The van der Waals surface area contributed by atoms with Gasteiger partial charge in [-0.05, 0) is 19.1 Å². The van der Waals surface area contributed by atoms with E-state index in [-0.39, 0.29) is 23.0 Å². The molecule has 0 bridgehead atoms. The zero-order valence-electron chi connectivity index (χ0n) is 9.62. The smallest absolute Gasteiger partial charge is 0.337 e. The lowest BCUT2D eigenvalue weighted by Gasteiger charge is -2.06. The molecule has 0 fully saturated rings. The van der Waals surface area contributed by atoms with Crippen LogP contribution in [0.2, 0.25) is 0 Å². The molecular weight excluding hydrogens is 244 g/mol. The van der Waals surface area contributed by atoms with Gasteiger partial charge in [0.1, 0.15) is 5.69 Å². The monoisotopic (exact) mass is 256 g/mol. The number of pyridine rings is 1. The van der Waals surface area contributed by atoms with E-state index in [1.54, 1.807) is 6.92 Å². The molecule has 1 heterocycles. The summed E-state index contributed by atoms with van der Waals surface area (Å²) in [6.07, 6.45) is 0. The van der Waals surface area contributed by atoms with Crippen LogP contribution in [0, 0.1) is 0 Å². The Bertz CT molecular complexity index is 435. The highest BCUT2D eigenvalue weighted by Gasteiger charge is 2.13. The van der Waals surface area contributed by atoms with Gasteiger partial charge in [-0.2, -0.15) is 0 Å². The molecule has 0 aliphatic rings. The molecule has 92 valence electrons. The molecule has 0 saturated carbocycles. The van der Waals surface area contributed by atoms with E-state index < -0.39 is 5.97 Å². The topological polar surface area (TPSA) is 68.3 Å². The number of hydrogen-bond acceptors (Lipinski definition) is 4. The number of nitrogens with one attached hydrogen (secondary N) is 1. The summed E-state index contributed by atoms with van der Waals surface area (Å²) >= 11 is 5.65. The van der Waals surface area contributed by atoms with Gasteiger partial charge in [0.25, 0.3) is 5.91 Å². The molecule has 6 heteroatoms. The minimum absolute atomic E-state index is 0.122. The lowest BCUT2D eigenvalue weighted by atomic mass is 10.2. The average molecular weight is 257 g/mol. The summed E-state index contributed by atoms with van der Waals surface area (Å²) in [4.78, 5) is 27.0. The highest BCUT2D eigenvalue weighted by molar-refractivity contribution is 6.17. The van der Waals surface area contributed by atoms with Crippen molar-refractivity contribution in [3.63, 3.8) is 0 Å². The van der Waals surface area contributed by atoms with Gasteiger partial charge in [-0.1, -0.05) is 0 Å². The van der Waals surface area contributed by atoms with Gasteiger partial charge in [0.2, 0.25) is 0 Å². The number of hydrogen-bond donors (Lipinski definition) is 1. The molecular formula is C11H13ClN2O3. The van der Waals surface area contributed by atoms with Crippen LogP contribution in [-0.2, 0) is 10.6 Å². The van der Waals surface area contributed by atoms with Gasteiger partial charge in [-0.25, -0.2) is 9.78 Å². The van der Waals surface area contributed by atoms with E-state index in [2.05, 4.69) is 15.0 Å².